The predicted octanol–water partition coefficient (Wildman–Crippen LogP) is 2.59. The van der Waals surface area contributed by atoms with Gasteiger partial charge in [-0.1, -0.05) is 25.2 Å². The summed E-state index contributed by atoms with van der Waals surface area (Å²) in [6, 6.07) is 1.94. The highest BCUT2D eigenvalue weighted by atomic mass is 32.1. The zero-order valence-electron chi connectivity index (χ0n) is 21.2. The Morgan fingerprint density at radius 1 is 1.22 bits per heavy atom. The highest BCUT2D eigenvalue weighted by Gasteiger charge is 2.25. The number of thiazole rings is 1. The molecular weight excluding hydrogens is 478 g/mol. The lowest BCUT2D eigenvalue weighted by atomic mass is 9.97. The summed E-state index contributed by atoms with van der Waals surface area (Å²) >= 11 is 1.64. The molecule has 11 nitrogen and oxygen atoms in total. The maximum Gasteiger partial charge on any atom is 0.236 e. The van der Waals surface area contributed by atoms with E-state index in [2.05, 4.69) is 39.0 Å². The van der Waals surface area contributed by atoms with E-state index in [1.807, 2.05) is 42.4 Å². The fraction of sp³-hybridized carbons (Fsp3) is 0.458. The van der Waals surface area contributed by atoms with Gasteiger partial charge in [-0.2, -0.15) is 10.2 Å². The fourth-order valence-electron chi connectivity index (χ4n) is 4.55. The smallest absolute Gasteiger partial charge is 0.236 e. The molecule has 4 aromatic rings. The quantitative estimate of drug-likeness (QED) is 0.405. The second kappa shape index (κ2) is 9.86. The van der Waals surface area contributed by atoms with Crippen molar-refractivity contribution in [2.75, 3.05) is 58.8 Å². The van der Waals surface area contributed by atoms with Gasteiger partial charge >= 0.3 is 0 Å². The number of anilines is 1. The van der Waals surface area contributed by atoms with Crippen LogP contribution < -0.4 is 9.64 Å². The average Bonchev–Trinajstić information content (AvgIpc) is 3.61. The molecule has 0 saturated carbocycles. The second-order valence-electron chi connectivity index (χ2n) is 9.45. The number of fused-ring (bicyclic) bond motifs is 1. The van der Waals surface area contributed by atoms with Crippen LogP contribution in [0.1, 0.15) is 25.3 Å². The SMILES string of the molecule is COc1cc(-c2n[nH]c(-c3ncc(N4CCN(C(=O)CN(C)C)CC4)s3)c2C(C)C)cn2ncnc12. The van der Waals surface area contributed by atoms with Crippen LogP contribution in [0.15, 0.2) is 24.8 Å². The normalized spacial score (nSPS) is 14.4. The van der Waals surface area contributed by atoms with Crippen molar-refractivity contribution in [2.45, 2.75) is 19.8 Å². The minimum absolute atomic E-state index is 0.178. The lowest BCUT2D eigenvalue weighted by Crippen LogP contribution is -2.50. The number of rotatable bonds is 7. The van der Waals surface area contributed by atoms with Gasteiger partial charge in [0.2, 0.25) is 5.91 Å². The summed E-state index contributed by atoms with van der Waals surface area (Å²) in [6.07, 6.45) is 5.35. The molecular formula is C24H31N9O2S. The van der Waals surface area contributed by atoms with E-state index in [9.17, 15) is 4.79 Å². The Hall–Kier alpha value is -3.51. The molecule has 4 aromatic heterocycles. The van der Waals surface area contributed by atoms with E-state index >= 15 is 0 Å². The Kier molecular flexibility index (Phi) is 6.63. The van der Waals surface area contributed by atoms with Gasteiger partial charge in [-0.05, 0) is 26.1 Å². The van der Waals surface area contributed by atoms with Crippen LogP contribution in [0.5, 0.6) is 5.75 Å². The molecule has 1 N–H and O–H groups in total. The third kappa shape index (κ3) is 4.53. The topological polar surface area (TPSA) is 108 Å². The third-order valence-electron chi connectivity index (χ3n) is 6.32. The van der Waals surface area contributed by atoms with Crippen molar-refractivity contribution in [3.8, 4) is 27.7 Å². The van der Waals surface area contributed by atoms with Gasteiger partial charge in [0.1, 0.15) is 16.3 Å². The number of carbonyl (C=O) groups excluding carboxylic acids is 1. The molecule has 0 aromatic carbocycles. The zero-order valence-corrected chi connectivity index (χ0v) is 22.0. The number of aromatic nitrogens is 6. The number of carbonyl (C=O) groups is 1. The van der Waals surface area contributed by atoms with Crippen LogP contribution in [0, 0.1) is 0 Å². The number of likely N-dealkylation sites (N-methyl/N-ethyl adjacent to an activating group) is 1. The number of pyridine rings is 1. The number of hydrogen-bond acceptors (Lipinski definition) is 9. The lowest BCUT2D eigenvalue weighted by molar-refractivity contribution is -0.132. The van der Waals surface area contributed by atoms with E-state index < -0.39 is 0 Å². The van der Waals surface area contributed by atoms with Crippen molar-refractivity contribution in [3.63, 3.8) is 0 Å². The molecule has 1 aliphatic heterocycles. The van der Waals surface area contributed by atoms with Gasteiger partial charge in [0.05, 0.1) is 31.2 Å². The number of H-pyrrole nitrogens is 1. The summed E-state index contributed by atoms with van der Waals surface area (Å²) in [5, 5.41) is 14.2. The lowest BCUT2D eigenvalue weighted by Gasteiger charge is -2.35. The molecule has 1 fully saturated rings. The molecule has 1 aliphatic rings. The molecule has 36 heavy (non-hydrogen) atoms. The van der Waals surface area contributed by atoms with E-state index in [0.717, 1.165) is 58.7 Å². The van der Waals surface area contributed by atoms with Crippen molar-refractivity contribution in [1.29, 1.82) is 0 Å². The first kappa shape index (κ1) is 24.2. The van der Waals surface area contributed by atoms with Gasteiger partial charge in [0.15, 0.2) is 11.4 Å². The van der Waals surface area contributed by atoms with Crippen molar-refractivity contribution < 1.29 is 9.53 Å². The number of amides is 1. The molecule has 5 rings (SSSR count). The van der Waals surface area contributed by atoms with Crippen LogP contribution in [-0.2, 0) is 4.79 Å². The van der Waals surface area contributed by atoms with Gasteiger partial charge in [0.25, 0.3) is 0 Å². The fourth-order valence-corrected chi connectivity index (χ4v) is 5.52. The Bertz CT molecular complexity index is 1370. The Balaban J connectivity index is 1.40. The van der Waals surface area contributed by atoms with Crippen molar-refractivity contribution >= 4 is 27.9 Å². The second-order valence-corrected chi connectivity index (χ2v) is 10.5. The van der Waals surface area contributed by atoms with E-state index in [1.54, 1.807) is 23.0 Å². The molecule has 12 heteroatoms. The number of ether oxygens (including phenoxy) is 1. The highest BCUT2D eigenvalue weighted by Crippen LogP contribution is 2.39. The molecule has 0 atom stereocenters. The van der Waals surface area contributed by atoms with E-state index in [4.69, 9.17) is 9.72 Å². The molecule has 1 saturated heterocycles. The number of nitrogens with zero attached hydrogens (tertiary/aromatic N) is 8. The Morgan fingerprint density at radius 3 is 2.69 bits per heavy atom. The van der Waals surface area contributed by atoms with E-state index in [1.165, 1.54) is 6.33 Å². The molecule has 0 spiro atoms. The minimum Gasteiger partial charge on any atom is -0.493 e. The van der Waals surface area contributed by atoms with Crippen LogP contribution >= 0.6 is 11.3 Å². The molecule has 0 aliphatic carbocycles. The van der Waals surface area contributed by atoms with Gasteiger partial charge in [-0.3, -0.25) is 9.89 Å². The van der Waals surface area contributed by atoms with Crippen molar-refractivity contribution in [1.82, 2.24) is 39.6 Å². The number of hydrogen-bond donors (Lipinski definition) is 1. The number of methoxy groups -OCH3 is 1. The van der Waals surface area contributed by atoms with Crippen molar-refractivity contribution in [2.24, 2.45) is 0 Å². The van der Waals surface area contributed by atoms with Gasteiger partial charge in [-0.15, -0.1) is 0 Å². The molecule has 0 radical (unpaired) electrons. The van der Waals surface area contributed by atoms with Crippen molar-refractivity contribution in [3.05, 3.63) is 30.4 Å². The number of aromatic amines is 1. The third-order valence-corrected chi connectivity index (χ3v) is 7.39. The zero-order chi connectivity index (χ0) is 25.4. The standard InChI is InChI=1S/C24H31N9O2S/c1-15(2)20-21(16-10-17(35-5)23-26-14-27-33(23)12-16)28-29-22(20)24-25-11-19(36-24)32-8-6-31(7-9-32)18(34)13-30(3)4/h10-12,14-15H,6-9,13H2,1-5H3,(H,28,29). The monoisotopic (exact) mass is 509 g/mol. The van der Waals surface area contributed by atoms with Crippen LogP contribution in [0.4, 0.5) is 5.00 Å². The molecule has 0 bridgehead atoms. The summed E-state index contributed by atoms with van der Waals surface area (Å²) in [4.78, 5) is 27.6. The molecule has 1 amide bonds. The summed E-state index contributed by atoms with van der Waals surface area (Å²) in [6.45, 7) is 7.78. The maximum absolute atomic E-state index is 12.4. The van der Waals surface area contributed by atoms with Gasteiger partial charge < -0.3 is 19.4 Å². The first-order chi connectivity index (χ1) is 17.4. The van der Waals surface area contributed by atoms with Crippen LogP contribution in [0.2, 0.25) is 0 Å². The summed E-state index contributed by atoms with van der Waals surface area (Å²) in [5.74, 6) is 1.03. The first-order valence-corrected chi connectivity index (χ1v) is 12.8. The van der Waals surface area contributed by atoms with Crippen LogP contribution in [0.25, 0.3) is 27.6 Å². The Labute approximate surface area is 213 Å². The largest absolute Gasteiger partial charge is 0.493 e. The van der Waals surface area contributed by atoms with Crippen LogP contribution in [0.3, 0.4) is 0 Å². The minimum atomic E-state index is 0.178. The molecule has 0 unspecified atom stereocenters. The summed E-state index contributed by atoms with van der Waals surface area (Å²) in [7, 11) is 5.47. The first-order valence-electron chi connectivity index (χ1n) is 11.9. The number of nitrogens with one attached hydrogen (secondary N) is 1. The van der Waals surface area contributed by atoms with E-state index in [-0.39, 0.29) is 11.8 Å². The van der Waals surface area contributed by atoms with Gasteiger partial charge in [-0.25, -0.2) is 14.5 Å². The molecule has 5 heterocycles. The Morgan fingerprint density at radius 2 is 2.00 bits per heavy atom. The maximum atomic E-state index is 12.4. The highest BCUT2D eigenvalue weighted by molar-refractivity contribution is 7.18. The summed E-state index contributed by atoms with van der Waals surface area (Å²) < 4.78 is 7.25. The molecule has 190 valence electrons. The predicted molar refractivity (Wildman–Crippen MR) is 140 cm³/mol. The van der Waals surface area contributed by atoms with Gasteiger partial charge in [0, 0.05) is 43.5 Å². The van der Waals surface area contributed by atoms with Crippen LogP contribution in [-0.4, -0.2) is 99.4 Å². The summed E-state index contributed by atoms with van der Waals surface area (Å²) in [5.41, 5.74) is 4.42. The average molecular weight is 510 g/mol. The van der Waals surface area contributed by atoms with E-state index in [0.29, 0.717) is 17.9 Å². The number of piperazine rings is 1.